The van der Waals surface area contributed by atoms with Crippen molar-refractivity contribution in [3.63, 3.8) is 0 Å². The van der Waals surface area contributed by atoms with Crippen LogP contribution in [0, 0.1) is 0 Å². The highest BCUT2D eigenvalue weighted by molar-refractivity contribution is 7.99. The second kappa shape index (κ2) is 7.65. The molecule has 1 saturated heterocycles. The average molecular weight is 258 g/mol. The van der Waals surface area contributed by atoms with E-state index in [2.05, 4.69) is 49.7 Å². The highest BCUT2D eigenvalue weighted by Gasteiger charge is 2.37. The van der Waals surface area contributed by atoms with E-state index in [-0.39, 0.29) is 0 Å². The Labute approximate surface area is 112 Å². The van der Waals surface area contributed by atoms with Gasteiger partial charge in [0.25, 0.3) is 0 Å². The number of nitrogens with zero attached hydrogens (tertiary/aromatic N) is 1. The Kier molecular flexibility index (Phi) is 6.90. The van der Waals surface area contributed by atoms with Crippen LogP contribution in [-0.4, -0.2) is 47.6 Å². The Balaban J connectivity index is 2.60. The molecule has 102 valence electrons. The van der Waals surface area contributed by atoms with E-state index >= 15 is 0 Å². The zero-order valence-electron chi connectivity index (χ0n) is 12.1. The normalized spacial score (nSPS) is 25.1. The van der Waals surface area contributed by atoms with Crippen molar-refractivity contribution in [1.82, 2.24) is 10.2 Å². The van der Waals surface area contributed by atoms with Gasteiger partial charge in [-0.15, -0.1) is 0 Å². The molecular weight excluding hydrogens is 228 g/mol. The molecule has 0 spiro atoms. The van der Waals surface area contributed by atoms with Crippen LogP contribution in [0.25, 0.3) is 0 Å². The number of nitrogens with one attached hydrogen (secondary N) is 1. The second-order valence-electron chi connectivity index (χ2n) is 5.06. The first-order chi connectivity index (χ1) is 8.22. The lowest BCUT2D eigenvalue weighted by Crippen LogP contribution is -2.64. The summed E-state index contributed by atoms with van der Waals surface area (Å²) in [5, 5.41) is 3.73. The van der Waals surface area contributed by atoms with Gasteiger partial charge in [0, 0.05) is 37.0 Å². The SMILES string of the molecule is CCSCCN1CC(CC)NCC1(CC)CC. The third-order valence-electron chi connectivity index (χ3n) is 4.35. The lowest BCUT2D eigenvalue weighted by Gasteiger charge is -2.49. The van der Waals surface area contributed by atoms with Crippen molar-refractivity contribution in [3.8, 4) is 0 Å². The van der Waals surface area contributed by atoms with E-state index in [1.54, 1.807) is 0 Å². The first kappa shape index (κ1) is 15.3. The van der Waals surface area contributed by atoms with Crippen molar-refractivity contribution in [2.24, 2.45) is 0 Å². The molecule has 1 aliphatic heterocycles. The van der Waals surface area contributed by atoms with Crippen LogP contribution in [0.5, 0.6) is 0 Å². The summed E-state index contributed by atoms with van der Waals surface area (Å²) in [7, 11) is 0. The molecule has 17 heavy (non-hydrogen) atoms. The van der Waals surface area contributed by atoms with Crippen LogP contribution in [0.4, 0.5) is 0 Å². The summed E-state index contributed by atoms with van der Waals surface area (Å²) in [6.07, 6.45) is 3.79. The van der Waals surface area contributed by atoms with E-state index in [9.17, 15) is 0 Å². The van der Waals surface area contributed by atoms with Gasteiger partial charge in [-0.05, 0) is 25.0 Å². The molecule has 2 nitrogen and oxygen atoms in total. The molecule has 1 heterocycles. The molecule has 0 aromatic heterocycles. The van der Waals surface area contributed by atoms with E-state index in [1.807, 2.05) is 0 Å². The van der Waals surface area contributed by atoms with Crippen LogP contribution in [0.1, 0.15) is 47.0 Å². The van der Waals surface area contributed by atoms with Crippen LogP contribution in [0.2, 0.25) is 0 Å². The molecule has 1 rings (SSSR count). The van der Waals surface area contributed by atoms with Crippen molar-refractivity contribution in [2.75, 3.05) is 31.1 Å². The maximum Gasteiger partial charge on any atom is 0.0329 e. The molecule has 0 saturated carbocycles. The fourth-order valence-electron chi connectivity index (χ4n) is 2.84. The summed E-state index contributed by atoms with van der Waals surface area (Å²) in [5.41, 5.74) is 0.417. The Morgan fingerprint density at radius 3 is 2.47 bits per heavy atom. The monoisotopic (exact) mass is 258 g/mol. The smallest absolute Gasteiger partial charge is 0.0329 e. The van der Waals surface area contributed by atoms with Crippen molar-refractivity contribution in [3.05, 3.63) is 0 Å². The van der Waals surface area contributed by atoms with Crippen molar-refractivity contribution in [1.29, 1.82) is 0 Å². The highest BCUT2D eigenvalue weighted by atomic mass is 32.2. The summed E-state index contributed by atoms with van der Waals surface area (Å²) in [4.78, 5) is 2.76. The molecule has 0 aromatic rings. The summed E-state index contributed by atoms with van der Waals surface area (Å²) in [5.74, 6) is 2.53. The molecule has 0 bridgehead atoms. The minimum Gasteiger partial charge on any atom is -0.311 e. The molecule has 1 aliphatic rings. The number of hydrogen-bond acceptors (Lipinski definition) is 3. The molecule has 1 atom stereocenters. The minimum absolute atomic E-state index is 0.417. The quantitative estimate of drug-likeness (QED) is 0.707. The second-order valence-corrected chi connectivity index (χ2v) is 6.45. The van der Waals surface area contributed by atoms with Gasteiger partial charge in [0.15, 0.2) is 0 Å². The highest BCUT2D eigenvalue weighted by Crippen LogP contribution is 2.27. The van der Waals surface area contributed by atoms with Crippen molar-refractivity contribution >= 4 is 11.8 Å². The number of rotatable bonds is 7. The molecule has 1 N–H and O–H groups in total. The summed E-state index contributed by atoms with van der Waals surface area (Å²) in [6, 6.07) is 0.702. The van der Waals surface area contributed by atoms with Gasteiger partial charge in [-0.25, -0.2) is 0 Å². The Morgan fingerprint density at radius 2 is 1.94 bits per heavy atom. The lowest BCUT2D eigenvalue weighted by molar-refractivity contribution is 0.0367. The molecular formula is C14H30N2S. The summed E-state index contributed by atoms with van der Waals surface area (Å²) in [6.45, 7) is 12.9. The van der Waals surface area contributed by atoms with Crippen LogP contribution in [0.3, 0.4) is 0 Å². The largest absolute Gasteiger partial charge is 0.311 e. The number of thioether (sulfide) groups is 1. The van der Waals surface area contributed by atoms with Crippen LogP contribution in [0.15, 0.2) is 0 Å². The molecule has 0 radical (unpaired) electrons. The van der Waals surface area contributed by atoms with Gasteiger partial charge in [-0.1, -0.05) is 27.7 Å². The van der Waals surface area contributed by atoms with Gasteiger partial charge in [0.2, 0.25) is 0 Å². The van der Waals surface area contributed by atoms with Gasteiger partial charge >= 0.3 is 0 Å². The van der Waals surface area contributed by atoms with Gasteiger partial charge < -0.3 is 5.32 Å². The topological polar surface area (TPSA) is 15.3 Å². The third-order valence-corrected chi connectivity index (χ3v) is 5.23. The van der Waals surface area contributed by atoms with Crippen LogP contribution < -0.4 is 5.32 Å². The molecule has 0 aliphatic carbocycles. The van der Waals surface area contributed by atoms with Gasteiger partial charge in [-0.3, -0.25) is 4.90 Å². The molecule has 0 aromatic carbocycles. The summed E-state index contributed by atoms with van der Waals surface area (Å²) < 4.78 is 0. The molecule has 0 amide bonds. The van der Waals surface area contributed by atoms with Gasteiger partial charge in [0.1, 0.15) is 0 Å². The Hall–Kier alpha value is 0.270. The zero-order valence-corrected chi connectivity index (χ0v) is 12.9. The number of hydrogen-bond donors (Lipinski definition) is 1. The van der Waals surface area contributed by atoms with E-state index in [0.29, 0.717) is 11.6 Å². The molecule has 3 heteroatoms. The van der Waals surface area contributed by atoms with Gasteiger partial charge in [0.05, 0.1) is 0 Å². The maximum absolute atomic E-state index is 3.73. The fourth-order valence-corrected chi connectivity index (χ4v) is 3.48. The van der Waals surface area contributed by atoms with Crippen LogP contribution >= 0.6 is 11.8 Å². The van der Waals surface area contributed by atoms with Crippen LogP contribution in [-0.2, 0) is 0 Å². The maximum atomic E-state index is 3.73. The Morgan fingerprint density at radius 1 is 1.24 bits per heavy atom. The van der Waals surface area contributed by atoms with Gasteiger partial charge in [-0.2, -0.15) is 11.8 Å². The predicted octanol–water partition coefficient (Wildman–Crippen LogP) is 2.98. The average Bonchev–Trinajstić information content (AvgIpc) is 2.39. The van der Waals surface area contributed by atoms with Crippen molar-refractivity contribution in [2.45, 2.75) is 58.5 Å². The predicted molar refractivity (Wildman–Crippen MR) is 80.0 cm³/mol. The molecule has 1 fully saturated rings. The van der Waals surface area contributed by atoms with E-state index < -0.39 is 0 Å². The number of piperazine rings is 1. The first-order valence-electron chi connectivity index (χ1n) is 7.28. The third kappa shape index (κ3) is 3.87. The minimum atomic E-state index is 0.417. The standard InChI is InChI=1S/C14H30N2S/c1-5-13-11-16(9-10-17-8-4)14(6-2,7-3)12-15-13/h13,15H,5-12H2,1-4H3. The zero-order chi connectivity index (χ0) is 12.7. The Bertz CT molecular complexity index is 204. The van der Waals surface area contributed by atoms with E-state index in [0.717, 1.165) is 0 Å². The van der Waals surface area contributed by atoms with Crippen molar-refractivity contribution < 1.29 is 0 Å². The lowest BCUT2D eigenvalue weighted by atomic mass is 9.87. The van der Waals surface area contributed by atoms with E-state index in [1.165, 1.54) is 50.4 Å². The first-order valence-corrected chi connectivity index (χ1v) is 8.44. The van der Waals surface area contributed by atoms with E-state index in [4.69, 9.17) is 0 Å². The summed E-state index contributed by atoms with van der Waals surface area (Å²) >= 11 is 2.07. The molecule has 1 unspecified atom stereocenters. The fraction of sp³-hybridized carbons (Fsp3) is 1.00.